The highest BCUT2D eigenvalue weighted by Crippen LogP contribution is 2.46. The lowest BCUT2D eigenvalue weighted by molar-refractivity contribution is 0.290. The van der Waals surface area contributed by atoms with Gasteiger partial charge in [0.2, 0.25) is 0 Å². The van der Waals surface area contributed by atoms with Crippen molar-refractivity contribution in [1.29, 1.82) is 0 Å². The topological polar surface area (TPSA) is 55.8 Å². The molecule has 0 aromatic heterocycles. The van der Waals surface area contributed by atoms with E-state index in [1.165, 1.54) is 0 Å². The number of phosphoric ester groups is 1. The second kappa shape index (κ2) is 4.37. The van der Waals surface area contributed by atoms with Crippen LogP contribution in [0, 0.1) is 0 Å². The van der Waals surface area contributed by atoms with Gasteiger partial charge in [-0.3, -0.25) is 4.89 Å². The Bertz CT molecular complexity index is 619. The van der Waals surface area contributed by atoms with E-state index in [1.54, 1.807) is 24.3 Å². The molecule has 1 N–H and O–H groups in total. The van der Waals surface area contributed by atoms with Gasteiger partial charge in [0, 0.05) is 5.41 Å². The molecule has 4 aliphatic heterocycles. The third kappa shape index (κ3) is 2.33. The number of phosphoric acid groups is 1. The van der Waals surface area contributed by atoms with Gasteiger partial charge in [-0.05, 0) is 35.4 Å². The highest BCUT2D eigenvalue weighted by molar-refractivity contribution is 7.48. The molecular weight excluding hydrogens is 275 g/mol. The molecule has 0 unspecified atom stereocenters. The van der Waals surface area contributed by atoms with Crippen molar-refractivity contribution in [3.05, 3.63) is 59.7 Å². The molecule has 0 aliphatic carbocycles. The van der Waals surface area contributed by atoms with Gasteiger partial charge in [-0.25, -0.2) is 4.57 Å². The lowest BCUT2D eigenvalue weighted by Gasteiger charge is -2.27. The van der Waals surface area contributed by atoms with Crippen molar-refractivity contribution in [2.24, 2.45) is 0 Å². The molecule has 4 bridgehead atoms. The summed E-state index contributed by atoms with van der Waals surface area (Å²) in [6.45, 7) is 4.25. The summed E-state index contributed by atoms with van der Waals surface area (Å²) in [4.78, 5) is 9.72. The van der Waals surface area contributed by atoms with Crippen LogP contribution in [0.2, 0.25) is 0 Å². The molecule has 0 saturated carbocycles. The summed E-state index contributed by atoms with van der Waals surface area (Å²) in [5.74, 6) is 0.621. The van der Waals surface area contributed by atoms with Gasteiger partial charge in [-0.1, -0.05) is 38.1 Å². The van der Waals surface area contributed by atoms with E-state index in [0.717, 1.165) is 11.1 Å². The number of rotatable bonds is 0. The predicted molar refractivity (Wildman–Crippen MR) is 76.1 cm³/mol. The van der Waals surface area contributed by atoms with E-state index < -0.39 is 7.82 Å². The quantitative estimate of drug-likeness (QED) is 0.748. The molecule has 4 nitrogen and oxygen atoms in total. The van der Waals surface area contributed by atoms with Crippen LogP contribution in [-0.4, -0.2) is 4.89 Å². The first-order valence-corrected chi connectivity index (χ1v) is 7.79. The lowest BCUT2D eigenvalue weighted by atomic mass is 9.78. The van der Waals surface area contributed by atoms with Crippen molar-refractivity contribution in [2.45, 2.75) is 19.3 Å². The molecule has 0 saturated heterocycles. The molecule has 0 radical (unpaired) electrons. The molecule has 2 aromatic rings. The van der Waals surface area contributed by atoms with Crippen molar-refractivity contribution in [2.75, 3.05) is 0 Å². The minimum absolute atomic E-state index is 0.167. The fraction of sp³-hybridized carbons (Fsp3) is 0.200. The summed E-state index contributed by atoms with van der Waals surface area (Å²) in [6.07, 6.45) is 0. The van der Waals surface area contributed by atoms with Crippen LogP contribution in [-0.2, 0) is 9.98 Å². The molecular formula is C15H15O4P. The van der Waals surface area contributed by atoms with Gasteiger partial charge in [0.05, 0.1) is 0 Å². The summed E-state index contributed by atoms with van der Waals surface area (Å²) in [5, 5.41) is 0. The molecule has 0 fully saturated rings. The highest BCUT2D eigenvalue weighted by atomic mass is 31.2. The van der Waals surface area contributed by atoms with E-state index >= 15 is 0 Å². The first-order chi connectivity index (χ1) is 9.37. The lowest BCUT2D eigenvalue weighted by Crippen LogP contribution is -2.19. The van der Waals surface area contributed by atoms with Gasteiger partial charge in [-0.15, -0.1) is 0 Å². The Labute approximate surface area is 117 Å². The summed E-state index contributed by atoms with van der Waals surface area (Å²) in [5.41, 5.74) is 2.04. The normalized spacial score (nSPS) is 18.6. The molecule has 6 rings (SSSR count). The van der Waals surface area contributed by atoms with Crippen molar-refractivity contribution in [3.63, 3.8) is 0 Å². The van der Waals surface area contributed by atoms with Crippen molar-refractivity contribution in [1.82, 2.24) is 0 Å². The Hall–Kier alpha value is -1.77. The highest BCUT2D eigenvalue weighted by Gasteiger charge is 2.28. The van der Waals surface area contributed by atoms with Crippen LogP contribution in [0.25, 0.3) is 0 Å². The predicted octanol–water partition coefficient (Wildman–Crippen LogP) is 3.88. The van der Waals surface area contributed by atoms with Gasteiger partial charge < -0.3 is 9.05 Å². The second-order valence-corrected chi connectivity index (χ2v) is 6.63. The van der Waals surface area contributed by atoms with Gasteiger partial charge in [0.15, 0.2) is 0 Å². The number of hydrogen-bond donors (Lipinski definition) is 1. The zero-order chi connectivity index (χ0) is 14.4. The van der Waals surface area contributed by atoms with E-state index in [9.17, 15) is 9.46 Å². The van der Waals surface area contributed by atoms with Crippen LogP contribution < -0.4 is 9.05 Å². The molecule has 4 aliphatic rings. The zero-order valence-corrected chi connectivity index (χ0v) is 12.1. The Kier molecular flexibility index (Phi) is 2.89. The van der Waals surface area contributed by atoms with Crippen LogP contribution >= 0.6 is 7.82 Å². The Morgan fingerprint density at radius 1 is 0.850 bits per heavy atom. The van der Waals surface area contributed by atoms with E-state index in [1.807, 2.05) is 24.3 Å². The summed E-state index contributed by atoms with van der Waals surface area (Å²) >= 11 is 0. The first-order valence-electron chi connectivity index (χ1n) is 6.30. The molecule has 20 heavy (non-hydrogen) atoms. The molecule has 0 atom stereocenters. The maximum atomic E-state index is 11.9. The van der Waals surface area contributed by atoms with E-state index in [2.05, 4.69) is 13.8 Å². The smallest absolute Gasteiger partial charge is 0.395 e. The molecule has 0 amide bonds. The van der Waals surface area contributed by atoms with Gasteiger partial charge in [0.25, 0.3) is 0 Å². The molecule has 4 heterocycles. The maximum Gasteiger partial charge on any atom is 0.584 e. The fourth-order valence-electron chi connectivity index (χ4n) is 2.32. The third-order valence-corrected chi connectivity index (χ3v) is 4.48. The molecule has 5 heteroatoms. The maximum absolute atomic E-state index is 11.9. The third-order valence-electron chi connectivity index (χ3n) is 3.59. The van der Waals surface area contributed by atoms with Crippen LogP contribution in [0.1, 0.15) is 25.0 Å². The monoisotopic (exact) mass is 290 g/mol. The first kappa shape index (κ1) is 13.2. The second-order valence-electron chi connectivity index (χ2n) is 5.32. The van der Waals surface area contributed by atoms with Crippen molar-refractivity contribution in [3.8, 4) is 11.5 Å². The van der Waals surface area contributed by atoms with Crippen LogP contribution in [0.5, 0.6) is 11.5 Å². The van der Waals surface area contributed by atoms with Crippen LogP contribution in [0.4, 0.5) is 0 Å². The summed E-state index contributed by atoms with van der Waals surface area (Å²) in [6, 6.07) is 14.3. The fourth-order valence-corrected chi connectivity index (χ4v) is 3.13. The summed E-state index contributed by atoms with van der Waals surface area (Å²) in [7, 11) is -4.16. The molecule has 104 valence electrons. The SMILES string of the molecule is CC1(C)c2ccc(cc2)OP(=O)(O)Oc2ccc1cc2. The van der Waals surface area contributed by atoms with E-state index in [0.29, 0.717) is 11.5 Å². The minimum Gasteiger partial charge on any atom is -0.395 e. The molecule has 2 aromatic carbocycles. The summed E-state index contributed by atoms with van der Waals surface area (Å²) < 4.78 is 22.0. The number of hydrogen-bond acceptors (Lipinski definition) is 3. The van der Waals surface area contributed by atoms with Crippen molar-refractivity contribution >= 4 is 7.82 Å². The largest absolute Gasteiger partial charge is 0.584 e. The van der Waals surface area contributed by atoms with Gasteiger partial charge in [-0.2, -0.15) is 0 Å². The van der Waals surface area contributed by atoms with Crippen LogP contribution in [0.15, 0.2) is 48.5 Å². The number of benzene rings is 2. The Morgan fingerprint density at radius 2 is 1.20 bits per heavy atom. The Balaban J connectivity index is 2.20. The standard InChI is InChI=1S/C15H15O4P/c1-15(2)11-3-7-13(8-4-11)18-20(16,17)19-14-9-5-12(15)6-10-14/h3-10H,1-2H3,(H,16,17). The van der Waals surface area contributed by atoms with Gasteiger partial charge in [0.1, 0.15) is 11.5 Å². The van der Waals surface area contributed by atoms with Gasteiger partial charge >= 0.3 is 7.82 Å². The average molecular weight is 290 g/mol. The van der Waals surface area contributed by atoms with Crippen molar-refractivity contribution < 1.29 is 18.5 Å². The minimum atomic E-state index is -4.16. The zero-order valence-electron chi connectivity index (χ0n) is 11.2. The Morgan fingerprint density at radius 3 is 1.55 bits per heavy atom. The van der Waals surface area contributed by atoms with E-state index in [4.69, 9.17) is 9.05 Å². The average Bonchev–Trinajstić information content (AvgIpc) is 2.38. The van der Waals surface area contributed by atoms with Crippen LogP contribution in [0.3, 0.4) is 0 Å². The molecule has 0 spiro atoms. The van der Waals surface area contributed by atoms with E-state index in [-0.39, 0.29) is 5.41 Å².